The van der Waals surface area contributed by atoms with E-state index in [-0.39, 0.29) is 24.4 Å². The monoisotopic (exact) mass is 278 g/mol. The van der Waals surface area contributed by atoms with Gasteiger partial charge in [0.15, 0.2) is 6.61 Å². The molecule has 0 aromatic heterocycles. The SMILES string of the molecule is N#CC1(NC(=O)COC(=O)C2CCCC2)CCCCC1. The third-order valence-electron chi connectivity index (χ3n) is 4.33. The van der Waals surface area contributed by atoms with Gasteiger partial charge in [-0.25, -0.2) is 0 Å². The second-order valence-electron chi connectivity index (χ2n) is 5.89. The number of carbonyl (C=O) groups is 2. The maximum Gasteiger partial charge on any atom is 0.309 e. The van der Waals surface area contributed by atoms with E-state index in [1.807, 2.05) is 0 Å². The van der Waals surface area contributed by atoms with Crippen LogP contribution in [-0.4, -0.2) is 24.0 Å². The molecular formula is C15H22N2O3. The summed E-state index contributed by atoms with van der Waals surface area (Å²) in [6.07, 6.45) is 8.23. The van der Waals surface area contributed by atoms with Crippen LogP contribution in [0.15, 0.2) is 0 Å². The lowest BCUT2D eigenvalue weighted by Crippen LogP contribution is -2.50. The number of nitrogens with one attached hydrogen (secondary N) is 1. The van der Waals surface area contributed by atoms with E-state index in [0.717, 1.165) is 44.9 Å². The second kappa shape index (κ2) is 6.74. The number of rotatable bonds is 4. The van der Waals surface area contributed by atoms with Crippen LogP contribution < -0.4 is 5.32 Å². The first-order valence-electron chi connectivity index (χ1n) is 7.54. The van der Waals surface area contributed by atoms with Gasteiger partial charge in [0.05, 0.1) is 12.0 Å². The van der Waals surface area contributed by atoms with Gasteiger partial charge in [0.1, 0.15) is 5.54 Å². The van der Waals surface area contributed by atoms with Crippen molar-refractivity contribution in [1.82, 2.24) is 5.32 Å². The van der Waals surface area contributed by atoms with E-state index in [1.165, 1.54) is 0 Å². The van der Waals surface area contributed by atoms with Crippen molar-refractivity contribution in [2.75, 3.05) is 6.61 Å². The Morgan fingerprint density at radius 2 is 1.80 bits per heavy atom. The van der Waals surface area contributed by atoms with E-state index in [0.29, 0.717) is 12.8 Å². The molecular weight excluding hydrogens is 256 g/mol. The van der Waals surface area contributed by atoms with Crippen LogP contribution in [0.4, 0.5) is 0 Å². The van der Waals surface area contributed by atoms with Gasteiger partial charge in [-0.1, -0.05) is 32.1 Å². The summed E-state index contributed by atoms with van der Waals surface area (Å²) in [5, 5.41) is 12.0. The molecule has 2 aliphatic carbocycles. The fourth-order valence-electron chi connectivity index (χ4n) is 3.14. The topological polar surface area (TPSA) is 79.2 Å². The molecule has 0 radical (unpaired) electrons. The zero-order valence-corrected chi connectivity index (χ0v) is 11.8. The Labute approximate surface area is 119 Å². The largest absolute Gasteiger partial charge is 0.455 e. The smallest absolute Gasteiger partial charge is 0.309 e. The summed E-state index contributed by atoms with van der Waals surface area (Å²) in [6.45, 7) is -0.265. The van der Waals surface area contributed by atoms with Crippen LogP contribution in [0.25, 0.3) is 0 Å². The average molecular weight is 278 g/mol. The normalized spacial score (nSPS) is 21.9. The zero-order valence-electron chi connectivity index (χ0n) is 11.8. The number of hydrogen-bond acceptors (Lipinski definition) is 4. The molecule has 0 unspecified atom stereocenters. The molecule has 0 aromatic carbocycles. The van der Waals surface area contributed by atoms with Crippen molar-refractivity contribution in [3.8, 4) is 6.07 Å². The highest BCUT2D eigenvalue weighted by Gasteiger charge is 2.34. The van der Waals surface area contributed by atoms with Gasteiger partial charge in [0, 0.05) is 0 Å². The van der Waals surface area contributed by atoms with E-state index in [1.54, 1.807) is 0 Å². The van der Waals surface area contributed by atoms with Crippen LogP contribution in [0.1, 0.15) is 57.8 Å². The Hall–Kier alpha value is -1.57. The summed E-state index contributed by atoms with van der Waals surface area (Å²) in [5.41, 5.74) is -0.755. The quantitative estimate of drug-likeness (QED) is 0.798. The highest BCUT2D eigenvalue weighted by Crippen LogP contribution is 2.28. The van der Waals surface area contributed by atoms with Crippen molar-refractivity contribution in [3.63, 3.8) is 0 Å². The molecule has 2 saturated carbocycles. The number of ether oxygens (including phenoxy) is 1. The van der Waals surface area contributed by atoms with E-state index >= 15 is 0 Å². The molecule has 0 heterocycles. The number of carbonyl (C=O) groups excluding carboxylic acids is 2. The molecule has 110 valence electrons. The molecule has 5 nitrogen and oxygen atoms in total. The molecule has 0 spiro atoms. The summed E-state index contributed by atoms with van der Waals surface area (Å²) >= 11 is 0. The van der Waals surface area contributed by atoms with Crippen LogP contribution in [0.3, 0.4) is 0 Å². The van der Waals surface area contributed by atoms with Gasteiger partial charge in [0.25, 0.3) is 5.91 Å². The molecule has 0 bridgehead atoms. The third kappa shape index (κ3) is 3.72. The summed E-state index contributed by atoms with van der Waals surface area (Å²) < 4.78 is 5.06. The second-order valence-corrected chi connectivity index (χ2v) is 5.89. The van der Waals surface area contributed by atoms with Crippen molar-refractivity contribution in [2.24, 2.45) is 5.92 Å². The predicted molar refractivity (Wildman–Crippen MR) is 72.5 cm³/mol. The molecule has 2 rings (SSSR count). The van der Waals surface area contributed by atoms with Crippen molar-refractivity contribution in [2.45, 2.75) is 63.3 Å². The lowest BCUT2D eigenvalue weighted by molar-refractivity contribution is -0.152. The minimum absolute atomic E-state index is 0.0394. The molecule has 2 aliphatic rings. The molecule has 5 heteroatoms. The van der Waals surface area contributed by atoms with E-state index in [9.17, 15) is 14.9 Å². The standard InChI is InChI=1S/C15H22N2O3/c16-11-15(8-4-1-5-9-15)17-13(18)10-20-14(19)12-6-2-3-7-12/h12H,1-10H2,(H,17,18). The highest BCUT2D eigenvalue weighted by molar-refractivity contribution is 5.82. The van der Waals surface area contributed by atoms with E-state index in [4.69, 9.17) is 4.74 Å². The van der Waals surface area contributed by atoms with Crippen LogP contribution in [0.5, 0.6) is 0 Å². The molecule has 0 aliphatic heterocycles. The first kappa shape index (κ1) is 14.8. The fourth-order valence-corrected chi connectivity index (χ4v) is 3.14. The van der Waals surface area contributed by atoms with Crippen molar-refractivity contribution < 1.29 is 14.3 Å². The van der Waals surface area contributed by atoms with Crippen molar-refractivity contribution >= 4 is 11.9 Å². The Balaban J connectivity index is 1.77. The zero-order chi connectivity index (χ0) is 14.4. The van der Waals surface area contributed by atoms with Gasteiger partial charge < -0.3 is 10.1 Å². The van der Waals surface area contributed by atoms with Crippen LogP contribution in [0, 0.1) is 17.2 Å². The summed E-state index contributed by atoms with van der Waals surface area (Å²) in [7, 11) is 0. The lowest BCUT2D eigenvalue weighted by Gasteiger charge is -2.31. The summed E-state index contributed by atoms with van der Waals surface area (Å²) in [4.78, 5) is 23.6. The Morgan fingerprint density at radius 3 is 2.40 bits per heavy atom. The number of hydrogen-bond donors (Lipinski definition) is 1. The molecule has 0 aromatic rings. The molecule has 1 N–H and O–H groups in total. The van der Waals surface area contributed by atoms with Gasteiger partial charge >= 0.3 is 5.97 Å². The van der Waals surface area contributed by atoms with Gasteiger partial charge in [-0.3, -0.25) is 9.59 Å². The first-order valence-corrected chi connectivity index (χ1v) is 7.54. The lowest BCUT2D eigenvalue weighted by atomic mass is 9.83. The van der Waals surface area contributed by atoms with E-state index < -0.39 is 5.54 Å². The predicted octanol–water partition coefficient (Wildman–Crippen LogP) is 2.06. The van der Waals surface area contributed by atoms with Crippen LogP contribution in [0.2, 0.25) is 0 Å². The molecule has 0 saturated heterocycles. The molecule has 0 atom stereocenters. The fraction of sp³-hybridized carbons (Fsp3) is 0.800. The van der Waals surface area contributed by atoms with Crippen LogP contribution >= 0.6 is 0 Å². The number of nitriles is 1. The Morgan fingerprint density at radius 1 is 1.15 bits per heavy atom. The highest BCUT2D eigenvalue weighted by atomic mass is 16.5. The van der Waals surface area contributed by atoms with Gasteiger partial charge in [-0.2, -0.15) is 5.26 Å². The minimum atomic E-state index is -0.755. The van der Waals surface area contributed by atoms with Crippen molar-refractivity contribution in [3.05, 3.63) is 0 Å². The maximum atomic E-state index is 11.9. The Bertz CT molecular complexity index is 402. The van der Waals surface area contributed by atoms with Crippen LogP contribution in [-0.2, 0) is 14.3 Å². The summed E-state index contributed by atoms with van der Waals surface area (Å²) in [6, 6.07) is 2.22. The number of nitrogens with zero attached hydrogens (tertiary/aromatic N) is 1. The summed E-state index contributed by atoms with van der Waals surface area (Å²) in [5.74, 6) is -0.672. The average Bonchev–Trinajstić information content (AvgIpc) is 3.00. The van der Waals surface area contributed by atoms with Gasteiger partial charge in [-0.15, -0.1) is 0 Å². The third-order valence-corrected chi connectivity index (χ3v) is 4.33. The number of esters is 1. The van der Waals surface area contributed by atoms with Gasteiger partial charge in [0.2, 0.25) is 0 Å². The van der Waals surface area contributed by atoms with Gasteiger partial charge in [-0.05, 0) is 25.7 Å². The minimum Gasteiger partial charge on any atom is -0.455 e. The molecule has 20 heavy (non-hydrogen) atoms. The first-order chi connectivity index (χ1) is 9.65. The van der Waals surface area contributed by atoms with E-state index in [2.05, 4.69) is 11.4 Å². The number of amides is 1. The molecule has 1 amide bonds. The van der Waals surface area contributed by atoms with Crippen molar-refractivity contribution in [1.29, 1.82) is 5.26 Å². The Kier molecular flexibility index (Phi) is 4.99. The maximum absolute atomic E-state index is 11.9. The molecule has 2 fully saturated rings.